The fourth-order valence-corrected chi connectivity index (χ4v) is 2.04. The van der Waals surface area contributed by atoms with Crippen molar-refractivity contribution in [3.8, 4) is 0 Å². The minimum absolute atomic E-state index is 0.746. The van der Waals surface area contributed by atoms with E-state index in [0.29, 0.717) is 0 Å². The SMILES string of the molecule is C[n+]1ccn(Cc2cn(Cc3ccccc3)nn2)c1. The second kappa shape index (κ2) is 5.06. The van der Waals surface area contributed by atoms with Gasteiger partial charge in [0, 0.05) is 0 Å². The van der Waals surface area contributed by atoms with Crippen LogP contribution >= 0.6 is 0 Å². The number of nitrogens with zero attached hydrogens (tertiary/aromatic N) is 5. The van der Waals surface area contributed by atoms with E-state index < -0.39 is 0 Å². The third-order valence-corrected chi connectivity index (χ3v) is 2.94. The summed E-state index contributed by atoms with van der Waals surface area (Å²) in [6, 6.07) is 10.3. The van der Waals surface area contributed by atoms with E-state index in [0.717, 1.165) is 18.8 Å². The Balaban J connectivity index is 1.69. The summed E-state index contributed by atoms with van der Waals surface area (Å²) in [7, 11) is 2.00. The maximum Gasteiger partial charge on any atom is 0.243 e. The summed E-state index contributed by atoms with van der Waals surface area (Å²) >= 11 is 0. The zero-order chi connectivity index (χ0) is 13.1. The van der Waals surface area contributed by atoms with Gasteiger partial charge in [0.05, 0.1) is 19.8 Å². The molecular formula is C14H16N5+. The molecule has 0 spiro atoms. The van der Waals surface area contributed by atoms with Crippen LogP contribution in [0.3, 0.4) is 0 Å². The summed E-state index contributed by atoms with van der Waals surface area (Å²) in [5.74, 6) is 0. The van der Waals surface area contributed by atoms with Crippen LogP contribution in [0.2, 0.25) is 0 Å². The predicted octanol–water partition coefficient (Wildman–Crippen LogP) is 1.00. The zero-order valence-electron chi connectivity index (χ0n) is 10.8. The summed E-state index contributed by atoms with van der Waals surface area (Å²) in [4.78, 5) is 0. The van der Waals surface area contributed by atoms with Gasteiger partial charge in [-0.1, -0.05) is 35.5 Å². The standard InChI is InChI=1S/C14H16N5/c1-17-7-8-18(12-17)10-14-11-19(16-15-14)9-13-5-3-2-4-6-13/h2-8,11-12H,9-10H2,1H3/q+1. The molecule has 3 rings (SSSR count). The summed E-state index contributed by atoms with van der Waals surface area (Å²) in [6.45, 7) is 1.50. The van der Waals surface area contributed by atoms with Gasteiger partial charge < -0.3 is 0 Å². The molecule has 0 fully saturated rings. The van der Waals surface area contributed by atoms with Gasteiger partial charge in [-0.15, -0.1) is 5.10 Å². The fraction of sp³-hybridized carbons (Fsp3) is 0.214. The van der Waals surface area contributed by atoms with E-state index in [2.05, 4.69) is 27.0 Å². The molecule has 0 aliphatic rings. The first-order valence-electron chi connectivity index (χ1n) is 6.23. The number of hydrogen-bond donors (Lipinski definition) is 0. The van der Waals surface area contributed by atoms with Gasteiger partial charge in [0.1, 0.15) is 24.6 Å². The van der Waals surface area contributed by atoms with Crippen molar-refractivity contribution < 1.29 is 4.57 Å². The van der Waals surface area contributed by atoms with Crippen LogP contribution in [0.1, 0.15) is 11.3 Å². The van der Waals surface area contributed by atoms with Crippen molar-refractivity contribution in [2.75, 3.05) is 0 Å². The molecule has 0 radical (unpaired) electrons. The predicted molar refractivity (Wildman–Crippen MR) is 70.3 cm³/mol. The Morgan fingerprint density at radius 3 is 2.74 bits per heavy atom. The van der Waals surface area contributed by atoms with Crippen LogP contribution < -0.4 is 4.57 Å². The zero-order valence-corrected chi connectivity index (χ0v) is 10.8. The highest BCUT2D eigenvalue weighted by Crippen LogP contribution is 2.03. The maximum absolute atomic E-state index is 4.20. The van der Waals surface area contributed by atoms with Gasteiger partial charge in [-0.3, -0.25) is 0 Å². The second-order valence-electron chi connectivity index (χ2n) is 4.64. The highest BCUT2D eigenvalue weighted by atomic mass is 15.4. The normalized spacial score (nSPS) is 10.8. The van der Waals surface area contributed by atoms with Crippen molar-refractivity contribution in [1.29, 1.82) is 0 Å². The molecular weight excluding hydrogens is 238 g/mol. The Morgan fingerprint density at radius 2 is 2.00 bits per heavy atom. The number of imidazole rings is 1. The van der Waals surface area contributed by atoms with E-state index in [9.17, 15) is 0 Å². The molecule has 2 heterocycles. The van der Waals surface area contributed by atoms with Crippen LogP contribution in [0.4, 0.5) is 0 Å². The van der Waals surface area contributed by atoms with Crippen molar-refractivity contribution in [2.45, 2.75) is 13.1 Å². The maximum atomic E-state index is 4.20. The van der Waals surface area contributed by atoms with Gasteiger partial charge in [-0.25, -0.2) is 13.8 Å². The van der Waals surface area contributed by atoms with Crippen molar-refractivity contribution in [1.82, 2.24) is 19.6 Å². The van der Waals surface area contributed by atoms with Crippen LogP contribution in [0.15, 0.2) is 55.2 Å². The van der Waals surface area contributed by atoms with Crippen LogP contribution in [-0.4, -0.2) is 19.6 Å². The largest absolute Gasteiger partial charge is 0.248 e. The number of hydrogen-bond acceptors (Lipinski definition) is 2. The summed E-state index contributed by atoms with van der Waals surface area (Å²) in [5, 5.41) is 8.36. The molecule has 1 aromatic carbocycles. The monoisotopic (exact) mass is 254 g/mol. The van der Waals surface area contributed by atoms with E-state index in [-0.39, 0.29) is 0 Å². The van der Waals surface area contributed by atoms with Gasteiger partial charge >= 0.3 is 0 Å². The van der Waals surface area contributed by atoms with Gasteiger partial charge in [0.15, 0.2) is 0 Å². The first-order chi connectivity index (χ1) is 9.29. The lowest BCUT2D eigenvalue weighted by Crippen LogP contribution is -2.23. The Kier molecular flexibility index (Phi) is 3.10. The third kappa shape index (κ3) is 2.88. The quantitative estimate of drug-likeness (QED) is 0.652. The molecule has 0 saturated carbocycles. The van der Waals surface area contributed by atoms with E-state index in [4.69, 9.17) is 0 Å². The van der Waals surface area contributed by atoms with Crippen molar-refractivity contribution in [3.05, 3.63) is 66.5 Å². The Labute approximate surface area is 111 Å². The molecule has 5 nitrogen and oxygen atoms in total. The van der Waals surface area contributed by atoms with Crippen LogP contribution in [0.25, 0.3) is 0 Å². The molecule has 0 aliphatic carbocycles. The van der Waals surface area contributed by atoms with Crippen LogP contribution in [0.5, 0.6) is 0 Å². The van der Waals surface area contributed by atoms with Crippen LogP contribution in [-0.2, 0) is 20.1 Å². The average Bonchev–Trinajstić information content (AvgIpc) is 3.01. The molecule has 0 amide bonds. The van der Waals surface area contributed by atoms with Crippen molar-refractivity contribution >= 4 is 0 Å². The molecule has 0 atom stereocenters. The minimum atomic E-state index is 0.746. The van der Waals surface area contributed by atoms with Crippen LogP contribution in [0, 0.1) is 0 Å². The topological polar surface area (TPSA) is 39.5 Å². The molecule has 0 N–H and O–H groups in total. The molecule has 96 valence electrons. The molecule has 2 aromatic heterocycles. The minimum Gasteiger partial charge on any atom is -0.248 e. The summed E-state index contributed by atoms with van der Waals surface area (Å²) in [5.41, 5.74) is 2.19. The van der Waals surface area contributed by atoms with Crippen molar-refractivity contribution in [3.63, 3.8) is 0 Å². The Hall–Kier alpha value is -2.43. The molecule has 5 heteroatoms. The second-order valence-corrected chi connectivity index (χ2v) is 4.64. The van der Waals surface area contributed by atoms with Gasteiger partial charge in [-0.05, 0) is 5.56 Å². The highest BCUT2D eigenvalue weighted by Gasteiger charge is 2.06. The van der Waals surface area contributed by atoms with E-state index in [1.54, 1.807) is 0 Å². The molecule has 0 saturated heterocycles. The summed E-state index contributed by atoms with van der Waals surface area (Å²) < 4.78 is 5.96. The van der Waals surface area contributed by atoms with E-state index in [1.165, 1.54) is 5.56 Å². The van der Waals surface area contributed by atoms with E-state index >= 15 is 0 Å². The molecule has 0 bridgehead atoms. The summed E-state index contributed by atoms with van der Waals surface area (Å²) in [6.07, 6.45) is 8.05. The lowest BCUT2D eigenvalue weighted by Gasteiger charge is -1.99. The van der Waals surface area contributed by atoms with Gasteiger partial charge in [0.25, 0.3) is 0 Å². The molecule has 0 aliphatic heterocycles. The third-order valence-electron chi connectivity index (χ3n) is 2.94. The lowest BCUT2D eigenvalue weighted by molar-refractivity contribution is -0.671. The lowest BCUT2D eigenvalue weighted by atomic mass is 10.2. The molecule has 19 heavy (non-hydrogen) atoms. The average molecular weight is 254 g/mol. The number of aromatic nitrogens is 5. The fourth-order valence-electron chi connectivity index (χ4n) is 2.04. The Bertz CT molecular complexity index is 653. The van der Waals surface area contributed by atoms with Gasteiger partial charge in [-0.2, -0.15) is 0 Å². The smallest absolute Gasteiger partial charge is 0.243 e. The van der Waals surface area contributed by atoms with Gasteiger partial charge in [0.2, 0.25) is 6.33 Å². The number of rotatable bonds is 4. The first-order valence-corrected chi connectivity index (χ1v) is 6.23. The molecule has 3 aromatic rings. The number of benzene rings is 1. The highest BCUT2D eigenvalue weighted by molar-refractivity contribution is 5.14. The number of aryl methyl sites for hydroxylation is 1. The van der Waals surface area contributed by atoms with E-state index in [1.807, 2.05) is 59.4 Å². The Morgan fingerprint density at radius 1 is 1.16 bits per heavy atom. The molecule has 0 unspecified atom stereocenters. The van der Waals surface area contributed by atoms with Crippen molar-refractivity contribution in [2.24, 2.45) is 7.05 Å². The first kappa shape index (κ1) is 11.6.